The first-order chi connectivity index (χ1) is 11.0. The summed E-state index contributed by atoms with van der Waals surface area (Å²) in [5, 5.41) is 2.12. The number of rotatable bonds is 4. The lowest BCUT2D eigenvalue weighted by Gasteiger charge is -2.33. The molecule has 1 unspecified atom stereocenters. The number of amides is 1. The maximum atomic E-state index is 13.3. The fourth-order valence-corrected chi connectivity index (χ4v) is 3.95. The van der Waals surface area contributed by atoms with Crippen LogP contribution in [0, 0.1) is 5.82 Å². The second kappa shape index (κ2) is 6.81. The quantitative estimate of drug-likeness (QED) is 0.858. The maximum absolute atomic E-state index is 13.3. The molecule has 0 aliphatic carbocycles. The van der Waals surface area contributed by atoms with Gasteiger partial charge in [-0.25, -0.2) is 4.39 Å². The maximum Gasteiger partial charge on any atom is 0.239 e. The summed E-state index contributed by atoms with van der Waals surface area (Å²) in [6, 6.07) is 8.40. The van der Waals surface area contributed by atoms with Crippen molar-refractivity contribution in [1.82, 2.24) is 9.80 Å². The summed E-state index contributed by atoms with van der Waals surface area (Å²) in [5.41, 5.74) is 2.15. The van der Waals surface area contributed by atoms with Gasteiger partial charge in [-0.3, -0.25) is 9.69 Å². The molecule has 1 aliphatic rings. The lowest BCUT2D eigenvalue weighted by Crippen LogP contribution is -2.47. The number of fused-ring (bicyclic) bond motifs is 1. The summed E-state index contributed by atoms with van der Waals surface area (Å²) in [4.78, 5) is 18.0. The van der Waals surface area contributed by atoms with Gasteiger partial charge < -0.3 is 4.90 Å². The third kappa shape index (κ3) is 3.62. The number of benzene rings is 1. The van der Waals surface area contributed by atoms with Crippen LogP contribution in [-0.4, -0.2) is 35.3 Å². The third-order valence-electron chi connectivity index (χ3n) is 4.43. The molecule has 0 radical (unpaired) electrons. The first-order valence-corrected chi connectivity index (χ1v) is 8.71. The van der Waals surface area contributed by atoms with Crippen LogP contribution in [0.1, 0.15) is 22.9 Å². The Morgan fingerprint density at radius 2 is 2.26 bits per heavy atom. The molecule has 0 saturated carbocycles. The zero-order chi connectivity index (χ0) is 16.4. The summed E-state index contributed by atoms with van der Waals surface area (Å²) in [6.07, 6.45) is 1.01. The van der Waals surface area contributed by atoms with E-state index in [-0.39, 0.29) is 17.8 Å². The second-order valence-corrected chi connectivity index (χ2v) is 7.09. The molecule has 2 aromatic rings. The Balaban J connectivity index is 1.63. The first-order valence-electron chi connectivity index (χ1n) is 7.83. The van der Waals surface area contributed by atoms with E-state index in [0.29, 0.717) is 6.54 Å². The van der Waals surface area contributed by atoms with Crippen LogP contribution in [0.5, 0.6) is 0 Å². The van der Waals surface area contributed by atoms with E-state index in [9.17, 15) is 9.18 Å². The van der Waals surface area contributed by atoms with E-state index in [2.05, 4.69) is 16.3 Å². The molecule has 1 aliphatic heterocycles. The highest BCUT2D eigenvalue weighted by Crippen LogP contribution is 2.25. The molecule has 1 atom stereocenters. The monoisotopic (exact) mass is 332 g/mol. The minimum absolute atomic E-state index is 0.0768. The lowest BCUT2D eigenvalue weighted by molar-refractivity contribution is -0.136. The fraction of sp³-hybridized carbons (Fsp3) is 0.389. The average Bonchev–Trinajstić information content (AvgIpc) is 3.01. The van der Waals surface area contributed by atoms with Crippen molar-refractivity contribution in [1.29, 1.82) is 0 Å². The number of hydrogen-bond donors (Lipinski definition) is 0. The van der Waals surface area contributed by atoms with Crippen molar-refractivity contribution < 1.29 is 9.18 Å². The molecule has 0 N–H and O–H groups in total. The number of carbonyl (C=O) groups excluding carboxylic acids is 1. The number of hydrogen-bond acceptors (Lipinski definition) is 3. The molecule has 2 heterocycles. The van der Waals surface area contributed by atoms with Gasteiger partial charge in [-0.1, -0.05) is 12.1 Å². The normalized spacial score (nSPS) is 16.0. The Kier molecular flexibility index (Phi) is 4.78. The van der Waals surface area contributed by atoms with Gasteiger partial charge in [-0.2, -0.15) is 0 Å². The second-order valence-electron chi connectivity index (χ2n) is 6.09. The predicted molar refractivity (Wildman–Crippen MR) is 90.8 cm³/mol. The predicted octanol–water partition coefficient (Wildman–Crippen LogP) is 3.29. The largest absolute Gasteiger partial charge is 0.340 e. The smallest absolute Gasteiger partial charge is 0.239 e. The molecule has 0 saturated heterocycles. The van der Waals surface area contributed by atoms with Gasteiger partial charge >= 0.3 is 0 Å². The Hall–Kier alpha value is -1.72. The zero-order valence-corrected chi connectivity index (χ0v) is 14.3. The van der Waals surface area contributed by atoms with Crippen LogP contribution in [0.3, 0.4) is 0 Å². The van der Waals surface area contributed by atoms with Crippen LogP contribution < -0.4 is 0 Å². The van der Waals surface area contributed by atoms with E-state index in [1.807, 2.05) is 13.0 Å². The van der Waals surface area contributed by atoms with Crippen molar-refractivity contribution in [2.45, 2.75) is 32.5 Å². The van der Waals surface area contributed by atoms with Crippen molar-refractivity contribution in [3.63, 3.8) is 0 Å². The Bertz CT molecular complexity index is 700. The fourth-order valence-electron chi connectivity index (χ4n) is 3.06. The first kappa shape index (κ1) is 16.1. The van der Waals surface area contributed by atoms with Gasteiger partial charge in [0.05, 0.1) is 6.04 Å². The topological polar surface area (TPSA) is 23.6 Å². The highest BCUT2D eigenvalue weighted by atomic mass is 32.1. The van der Waals surface area contributed by atoms with E-state index in [4.69, 9.17) is 0 Å². The average molecular weight is 332 g/mol. The van der Waals surface area contributed by atoms with Crippen LogP contribution in [0.4, 0.5) is 4.39 Å². The van der Waals surface area contributed by atoms with Crippen LogP contribution in [0.2, 0.25) is 0 Å². The van der Waals surface area contributed by atoms with Crippen molar-refractivity contribution in [2.75, 3.05) is 13.6 Å². The Labute approximate surface area is 140 Å². The van der Waals surface area contributed by atoms with E-state index >= 15 is 0 Å². The molecule has 0 spiro atoms. The van der Waals surface area contributed by atoms with E-state index in [1.165, 1.54) is 22.6 Å². The van der Waals surface area contributed by atoms with Crippen molar-refractivity contribution >= 4 is 17.2 Å². The van der Waals surface area contributed by atoms with E-state index in [1.54, 1.807) is 29.4 Å². The van der Waals surface area contributed by atoms with Crippen molar-refractivity contribution in [2.24, 2.45) is 0 Å². The van der Waals surface area contributed by atoms with Crippen LogP contribution in [0.15, 0.2) is 35.7 Å². The zero-order valence-electron chi connectivity index (χ0n) is 13.5. The molecule has 0 fully saturated rings. The molecule has 1 aromatic heterocycles. The molecule has 1 amide bonds. The Morgan fingerprint density at radius 3 is 3.04 bits per heavy atom. The van der Waals surface area contributed by atoms with Gasteiger partial charge in [-0.05, 0) is 48.1 Å². The van der Waals surface area contributed by atoms with E-state index in [0.717, 1.165) is 25.1 Å². The molecule has 1 aromatic carbocycles. The van der Waals surface area contributed by atoms with Crippen molar-refractivity contribution in [3.05, 3.63) is 57.5 Å². The highest BCUT2D eigenvalue weighted by molar-refractivity contribution is 7.10. The molecule has 5 heteroatoms. The summed E-state index contributed by atoms with van der Waals surface area (Å²) in [7, 11) is 1.78. The van der Waals surface area contributed by atoms with Gasteiger partial charge in [0.25, 0.3) is 0 Å². The van der Waals surface area contributed by atoms with Gasteiger partial charge in [0.15, 0.2) is 0 Å². The molecule has 23 heavy (non-hydrogen) atoms. The SMILES string of the molecule is CC(C(=O)N(C)Cc1cccc(F)c1)N1CCc2sccc2C1. The van der Waals surface area contributed by atoms with Gasteiger partial charge in [0.2, 0.25) is 5.91 Å². The number of likely N-dealkylation sites (N-methyl/N-ethyl adjacent to an activating group) is 1. The lowest BCUT2D eigenvalue weighted by atomic mass is 10.1. The molecule has 3 rings (SSSR count). The highest BCUT2D eigenvalue weighted by Gasteiger charge is 2.27. The van der Waals surface area contributed by atoms with Gasteiger partial charge in [0, 0.05) is 31.6 Å². The summed E-state index contributed by atoms with van der Waals surface area (Å²) in [6.45, 7) is 4.13. The van der Waals surface area contributed by atoms with Crippen LogP contribution in [0.25, 0.3) is 0 Å². The molecule has 0 bridgehead atoms. The van der Waals surface area contributed by atoms with E-state index < -0.39 is 0 Å². The van der Waals surface area contributed by atoms with Crippen molar-refractivity contribution in [3.8, 4) is 0 Å². The molecule has 122 valence electrons. The number of halogens is 1. The van der Waals surface area contributed by atoms with Crippen LogP contribution in [-0.2, 0) is 24.3 Å². The van der Waals surface area contributed by atoms with Gasteiger partial charge in [0.1, 0.15) is 5.82 Å². The molecule has 3 nitrogen and oxygen atoms in total. The number of thiophene rings is 1. The van der Waals surface area contributed by atoms with Gasteiger partial charge in [-0.15, -0.1) is 11.3 Å². The summed E-state index contributed by atoms with van der Waals surface area (Å²) < 4.78 is 13.3. The Morgan fingerprint density at radius 1 is 1.43 bits per heavy atom. The van der Waals surface area contributed by atoms with Crippen LogP contribution >= 0.6 is 11.3 Å². The summed E-state index contributed by atoms with van der Waals surface area (Å²) in [5.74, 6) is -0.189. The minimum atomic E-state index is -0.266. The number of nitrogens with zero attached hydrogens (tertiary/aromatic N) is 2. The standard InChI is InChI=1S/C18H21FN2OS/c1-13(21-8-6-17-15(12-21)7-9-23-17)18(22)20(2)11-14-4-3-5-16(19)10-14/h3-5,7,9-10,13H,6,8,11-12H2,1-2H3. The number of carbonyl (C=O) groups is 1. The third-order valence-corrected chi connectivity index (χ3v) is 5.45. The molecular formula is C18H21FN2OS. The minimum Gasteiger partial charge on any atom is -0.340 e. The molecular weight excluding hydrogens is 311 g/mol. The summed E-state index contributed by atoms with van der Waals surface area (Å²) >= 11 is 1.80.